The number of fused-ring (bicyclic) bond motifs is 5. The molecule has 0 fully saturated rings. The number of hydrogen-bond donors (Lipinski definition) is 0. The van der Waals surface area contributed by atoms with Gasteiger partial charge in [-0.2, -0.15) is 0 Å². The Morgan fingerprint density at radius 2 is 1.00 bits per heavy atom. The van der Waals surface area contributed by atoms with E-state index in [0.29, 0.717) is 34.5 Å². The van der Waals surface area contributed by atoms with Crippen LogP contribution in [-0.2, 0) is 0 Å². The van der Waals surface area contributed by atoms with E-state index < -0.39 is 0 Å². The van der Waals surface area contributed by atoms with Crippen molar-refractivity contribution in [2.75, 3.05) is 0 Å². The Bertz CT molecular complexity index is 2860. The van der Waals surface area contributed by atoms with Crippen LogP contribution in [0.25, 0.3) is 101 Å². The first kappa shape index (κ1) is 28.1. The van der Waals surface area contributed by atoms with E-state index in [0.717, 1.165) is 55.3 Å². The van der Waals surface area contributed by atoms with Crippen LogP contribution in [0.15, 0.2) is 167 Å². The lowest BCUT2D eigenvalue weighted by molar-refractivity contribution is 0.620. The summed E-state index contributed by atoms with van der Waals surface area (Å²) in [4.78, 5) is 19.7. The highest BCUT2D eigenvalue weighted by Crippen LogP contribution is 2.38. The van der Waals surface area contributed by atoms with Gasteiger partial charge in [0.05, 0.1) is 5.56 Å². The average Bonchev–Trinajstić information content (AvgIpc) is 3.78. The van der Waals surface area contributed by atoms with Crippen LogP contribution in [0.2, 0.25) is 0 Å². The molecule has 50 heavy (non-hydrogen) atoms. The summed E-state index contributed by atoms with van der Waals surface area (Å²) in [6.45, 7) is 0. The maximum absolute atomic E-state index is 6.57. The summed E-state index contributed by atoms with van der Waals surface area (Å²) in [5.41, 5.74) is 8.64. The highest BCUT2D eigenvalue weighted by Gasteiger charge is 2.19. The van der Waals surface area contributed by atoms with Crippen molar-refractivity contribution in [3.05, 3.63) is 158 Å². The third-order valence-corrected chi connectivity index (χ3v) is 9.16. The van der Waals surface area contributed by atoms with Gasteiger partial charge >= 0.3 is 0 Å². The number of hydrogen-bond acceptors (Lipinski definition) is 6. The van der Waals surface area contributed by atoms with E-state index in [9.17, 15) is 0 Å². The number of nitrogens with zero attached hydrogens (tertiary/aromatic N) is 4. The maximum Gasteiger partial charge on any atom is 0.227 e. The standard InChI is InChI=1S/C44H26N4O2/c1-3-11-29(12-4-1)41-46-42(30-21-18-28(19-22-30)33-23-20-27-10-7-8-15-32(27)24-33)48-43(47-41)35-17-9-16-34-36-25-39-37(26-38(36)49-40(34)35)45-44(50-39)31-13-5-2-6-14-31/h1-26H. The molecule has 0 spiro atoms. The Morgan fingerprint density at radius 3 is 1.78 bits per heavy atom. The molecule has 0 saturated heterocycles. The summed E-state index contributed by atoms with van der Waals surface area (Å²) in [7, 11) is 0. The zero-order chi connectivity index (χ0) is 33.0. The minimum Gasteiger partial charge on any atom is -0.455 e. The van der Waals surface area contributed by atoms with E-state index in [4.69, 9.17) is 28.8 Å². The van der Waals surface area contributed by atoms with Crippen LogP contribution >= 0.6 is 0 Å². The molecule has 0 aliphatic rings. The molecule has 6 nitrogen and oxygen atoms in total. The fraction of sp³-hybridized carbons (Fsp3) is 0. The summed E-state index contributed by atoms with van der Waals surface area (Å²) in [6.07, 6.45) is 0. The normalized spacial score (nSPS) is 11.6. The Labute approximate surface area is 286 Å². The molecule has 0 bridgehead atoms. The SMILES string of the molecule is c1ccc(-c2nc(-c3ccc(-c4ccc5ccccc5c4)cc3)nc(-c3cccc4c3oc3cc5nc(-c6ccccc6)oc5cc34)n2)cc1. The molecule has 0 amide bonds. The fourth-order valence-corrected chi connectivity index (χ4v) is 6.62. The van der Waals surface area contributed by atoms with Crippen LogP contribution < -0.4 is 0 Å². The fourth-order valence-electron chi connectivity index (χ4n) is 6.62. The van der Waals surface area contributed by atoms with Gasteiger partial charge in [-0.1, -0.05) is 121 Å². The molecular formula is C44H26N4O2. The predicted molar refractivity (Wildman–Crippen MR) is 199 cm³/mol. The third kappa shape index (κ3) is 4.81. The number of rotatable bonds is 5. The van der Waals surface area contributed by atoms with Crippen molar-refractivity contribution >= 4 is 43.8 Å². The average molecular weight is 643 g/mol. The number of benzene rings is 7. The predicted octanol–water partition coefficient (Wildman–Crippen LogP) is 11.4. The minimum absolute atomic E-state index is 0.533. The highest BCUT2D eigenvalue weighted by atomic mass is 16.4. The first-order chi connectivity index (χ1) is 24.7. The van der Waals surface area contributed by atoms with Crippen LogP contribution in [0.1, 0.15) is 0 Å². The maximum atomic E-state index is 6.57. The topological polar surface area (TPSA) is 77.8 Å². The molecule has 10 rings (SSSR count). The molecule has 0 atom stereocenters. The van der Waals surface area contributed by atoms with E-state index in [1.165, 1.54) is 10.8 Å². The van der Waals surface area contributed by atoms with E-state index in [2.05, 4.69) is 72.8 Å². The van der Waals surface area contributed by atoms with Gasteiger partial charge in [0.15, 0.2) is 23.1 Å². The zero-order valence-corrected chi connectivity index (χ0v) is 26.6. The van der Waals surface area contributed by atoms with Gasteiger partial charge < -0.3 is 8.83 Å². The lowest BCUT2D eigenvalue weighted by Crippen LogP contribution is -2.00. The van der Waals surface area contributed by atoms with Crippen molar-refractivity contribution in [1.29, 1.82) is 0 Å². The molecule has 0 radical (unpaired) electrons. The summed E-state index contributed by atoms with van der Waals surface area (Å²) in [5.74, 6) is 2.29. The van der Waals surface area contributed by atoms with E-state index in [1.807, 2.05) is 84.9 Å². The second-order valence-corrected chi connectivity index (χ2v) is 12.3. The molecular weight excluding hydrogens is 617 g/mol. The van der Waals surface area contributed by atoms with Crippen molar-refractivity contribution in [2.45, 2.75) is 0 Å². The number of oxazole rings is 1. The molecule has 3 heterocycles. The van der Waals surface area contributed by atoms with E-state index >= 15 is 0 Å². The van der Waals surface area contributed by atoms with E-state index in [-0.39, 0.29) is 0 Å². The summed E-state index contributed by atoms with van der Waals surface area (Å²) < 4.78 is 12.8. The molecule has 0 aliphatic heterocycles. The van der Waals surface area contributed by atoms with Crippen LogP contribution in [0.4, 0.5) is 0 Å². The Morgan fingerprint density at radius 1 is 0.360 bits per heavy atom. The molecule has 0 unspecified atom stereocenters. The van der Waals surface area contributed by atoms with Crippen LogP contribution in [-0.4, -0.2) is 19.9 Å². The summed E-state index contributed by atoms with van der Waals surface area (Å²) in [6, 6.07) is 53.3. The second kappa shape index (κ2) is 11.4. The molecule has 10 aromatic rings. The molecule has 0 aliphatic carbocycles. The van der Waals surface area contributed by atoms with Gasteiger partial charge in [-0.05, 0) is 52.2 Å². The third-order valence-electron chi connectivity index (χ3n) is 9.16. The van der Waals surface area contributed by atoms with Crippen LogP contribution in [0, 0.1) is 0 Å². The number of furan rings is 1. The van der Waals surface area contributed by atoms with Gasteiger partial charge in [-0.25, -0.2) is 19.9 Å². The van der Waals surface area contributed by atoms with Gasteiger partial charge in [0.25, 0.3) is 0 Å². The lowest BCUT2D eigenvalue weighted by atomic mass is 10.00. The molecule has 234 valence electrons. The largest absolute Gasteiger partial charge is 0.455 e. The number of aromatic nitrogens is 4. The molecule has 6 heteroatoms. The zero-order valence-electron chi connectivity index (χ0n) is 26.6. The van der Waals surface area contributed by atoms with Gasteiger partial charge in [0.2, 0.25) is 5.89 Å². The monoisotopic (exact) mass is 642 g/mol. The van der Waals surface area contributed by atoms with Gasteiger partial charge in [0.1, 0.15) is 16.7 Å². The molecule has 3 aromatic heterocycles. The van der Waals surface area contributed by atoms with Crippen molar-refractivity contribution < 1.29 is 8.83 Å². The quantitative estimate of drug-likeness (QED) is 0.186. The molecule has 0 saturated carbocycles. The summed E-state index contributed by atoms with van der Waals surface area (Å²) >= 11 is 0. The first-order valence-corrected chi connectivity index (χ1v) is 16.5. The van der Waals surface area contributed by atoms with Crippen molar-refractivity contribution in [3.63, 3.8) is 0 Å². The second-order valence-electron chi connectivity index (χ2n) is 12.3. The van der Waals surface area contributed by atoms with Gasteiger partial charge in [0, 0.05) is 33.5 Å². The van der Waals surface area contributed by atoms with Crippen molar-refractivity contribution in [3.8, 4) is 56.7 Å². The van der Waals surface area contributed by atoms with Crippen LogP contribution in [0.3, 0.4) is 0 Å². The van der Waals surface area contributed by atoms with Crippen molar-refractivity contribution in [2.24, 2.45) is 0 Å². The smallest absolute Gasteiger partial charge is 0.227 e. The Kier molecular flexibility index (Phi) is 6.39. The molecule has 0 N–H and O–H groups in total. The number of para-hydroxylation sites is 1. The Hall–Kier alpha value is -6.92. The summed E-state index contributed by atoms with van der Waals surface area (Å²) in [5, 5.41) is 4.32. The minimum atomic E-state index is 0.533. The van der Waals surface area contributed by atoms with Gasteiger partial charge in [-0.15, -0.1) is 0 Å². The van der Waals surface area contributed by atoms with Gasteiger partial charge in [-0.3, -0.25) is 0 Å². The highest BCUT2D eigenvalue weighted by molar-refractivity contribution is 6.12. The lowest BCUT2D eigenvalue weighted by Gasteiger charge is -2.10. The molecule has 7 aromatic carbocycles. The van der Waals surface area contributed by atoms with E-state index in [1.54, 1.807) is 0 Å². The van der Waals surface area contributed by atoms with Crippen molar-refractivity contribution in [1.82, 2.24) is 19.9 Å². The Balaban J connectivity index is 1.09. The first-order valence-electron chi connectivity index (χ1n) is 16.5. The van der Waals surface area contributed by atoms with Crippen LogP contribution in [0.5, 0.6) is 0 Å².